The fourth-order valence-corrected chi connectivity index (χ4v) is 2.11. The quantitative estimate of drug-likeness (QED) is 0.909. The summed E-state index contributed by atoms with van der Waals surface area (Å²) in [6.07, 6.45) is 1.58. The molecule has 116 valence electrons. The van der Waals surface area contributed by atoms with E-state index in [9.17, 15) is 9.59 Å². The van der Waals surface area contributed by atoms with Crippen molar-refractivity contribution < 1.29 is 9.53 Å². The molecule has 0 fully saturated rings. The zero-order valence-corrected chi connectivity index (χ0v) is 13.3. The molecule has 0 aliphatic heterocycles. The summed E-state index contributed by atoms with van der Waals surface area (Å²) >= 11 is 11.8. The van der Waals surface area contributed by atoms with E-state index in [0.717, 1.165) is 0 Å². The van der Waals surface area contributed by atoms with Crippen LogP contribution in [0.4, 0.5) is 5.69 Å². The smallest absolute Gasteiger partial charge is 0.262 e. The molecule has 2 aromatic rings. The SMILES string of the molecule is CCn1cc(NC(=O)COc2cc(Cl)ccc2Cl)ccc1=O. The minimum absolute atomic E-state index is 0.123. The second-order valence-electron chi connectivity index (χ2n) is 4.45. The Morgan fingerprint density at radius 3 is 2.77 bits per heavy atom. The summed E-state index contributed by atoms with van der Waals surface area (Å²) in [7, 11) is 0. The maximum atomic E-state index is 11.9. The molecule has 0 atom stereocenters. The van der Waals surface area contributed by atoms with Gasteiger partial charge in [-0.1, -0.05) is 23.2 Å². The zero-order chi connectivity index (χ0) is 16.1. The summed E-state index contributed by atoms with van der Waals surface area (Å²) in [6, 6.07) is 7.69. The average Bonchev–Trinajstić information content (AvgIpc) is 2.50. The third-order valence-electron chi connectivity index (χ3n) is 2.86. The van der Waals surface area contributed by atoms with Crippen molar-refractivity contribution in [2.24, 2.45) is 0 Å². The minimum atomic E-state index is -0.364. The third kappa shape index (κ3) is 4.26. The van der Waals surface area contributed by atoms with Gasteiger partial charge in [0.05, 0.1) is 10.7 Å². The molecule has 1 heterocycles. The largest absolute Gasteiger partial charge is 0.482 e. The van der Waals surface area contributed by atoms with Crippen LogP contribution in [0, 0.1) is 0 Å². The van der Waals surface area contributed by atoms with Gasteiger partial charge in [-0.25, -0.2) is 0 Å². The number of carbonyl (C=O) groups is 1. The van der Waals surface area contributed by atoms with Crippen molar-refractivity contribution in [3.63, 3.8) is 0 Å². The summed E-state index contributed by atoms with van der Waals surface area (Å²) in [5.41, 5.74) is 0.398. The van der Waals surface area contributed by atoms with E-state index in [1.54, 1.807) is 24.4 Å². The molecule has 0 radical (unpaired) electrons. The number of halogens is 2. The molecule has 0 saturated heterocycles. The summed E-state index contributed by atoms with van der Waals surface area (Å²) in [5.74, 6) is -0.0276. The van der Waals surface area contributed by atoms with Gasteiger partial charge in [-0.2, -0.15) is 0 Å². The van der Waals surface area contributed by atoms with E-state index in [2.05, 4.69) is 5.32 Å². The van der Waals surface area contributed by atoms with Crippen molar-refractivity contribution in [2.45, 2.75) is 13.5 Å². The maximum absolute atomic E-state index is 11.9. The van der Waals surface area contributed by atoms with Gasteiger partial charge in [0.15, 0.2) is 6.61 Å². The molecular formula is C15H14Cl2N2O3. The lowest BCUT2D eigenvalue weighted by Crippen LogP contribution is -2.23. The van der Waals surface area contributed by atoms with Crippen molar-refractivity contribution in [1.29, 1.82) is 0 Å². The molecule has 7 heteroatoms. The Morgan fingerprint density at radius 2 is 2.05 bits per heavy atom. The molecule has 0 spiro atoms. The minimum Gasteiger partial charge on any atom is -0.482 e. The number of ether oxygens (including phenoxy) is 1. The van der Waals surface area contributed by atoms with E-state index >= 15 is 0 Å². The van der Waals surface area contributed by atoms with Crippen molar-refractivity contribution >= 4 is 34.8 Å². The highest BCUT2D eigenvalue weighted by atomic mass is 35.5. The number of anilines is 1. The van der Waals surface area contributed by atoms with Crippen LogP contribution in [0.25, 0.3) is 0 Å². The van der Waals surface area contributed by atoms with Crippen LogP contribution in [0.15, 0.2) is 41.3 Å². The molecule has 1 N–H and O–H groups in total. The number of rotatable bonds is 5. The van der Waals surface area contributed by atoms with Crippen LogP contribution in [0.1, 0.15) is 6.92 Å². The lowest BCUT2D eigenvalue weighted by Gasteiger charge is -2.10. The number of nitrogens with zero attached hydrogens (tertiary/aromatic N) is 1. The lowest BCUT2D eigenvalue weighted by molar-refractivity contribution is -0.118. The van der Waals surface area contributed by atoms with Gasteiger partial charge >= 0.3 is 0 Å². The number of hydrogen-bond acceptors (Lipinski definition) is 3. The summed E-state index contributed by atoms with van der Waals surface area (Å²) in [6.45, 7) is 2.15. The van der Waals surface area contributed by atoms with Crippen LogP contribution < -0.4 is 15.6 Å². The maximum Gasteiger partial charge on any atom is 0.262 e. The van der Waals surface area contributed by atoms with Gasteiger partial charge in [-0.15, -0.1) is 0 Å². The van der Waals surface area contributed by atoms with Gasteiger partial charge in [-0.3, -0.25) is 9.59 Å². The van der Waals surface area contributed by atoms with Crippen LogP contribution in [0.2, 0.25) is 10.0 Å². The molecule has 0 aliphatic rings. The first kappa shape index (κ1) is 16.4. The van der Waals surface area contributed by atoms with E-state index in [-0.39, 0.29) is 18.1 Å². The van der Waals surface area contributed by atoms with Crippen molar-refractivity contribution in [3.8, 4) is 5.75 Å². The number of amides is 1. The topological polar surface area (TPSA) is 60.3 Å². The molecule has 0 unspecified atom stereocenters. The van der Waals surface area contributed by atoms with E-state index in [0.29, 0.717) is 28.0 Å². The molecule has 1 aromatic carbocycles. The van der Waals surface area contributed by atoms with Gasteiger partial charge in [0, 0.05) is 29.9 Å². The van der Waals surface area contributed by atoms with Gasteiger partial charge in [0.25, 0.3) is 11.5 Å². The van der Waals surface area contributed by atoms with Gasteiger partial charge in [0.2, 0.25) is 0 Å². The van der Waals surface area contributed by atoms with Crippen LogP contribution in [0.5, 0.6) is 5.75 Å². The first-order chi connectivity index (χ1) is 10.5. The molecule has 0 aliphatic carbocycles. The molecule has 0 saturated carbocycles. The number of carbonyl (C=O) groups excluding carboxylic acids is 1. The lowest BCUT2D eigenvalue weighted by atomic mass is 10.3. The molecule has 2 rings (SSSR count). The second kappa shape index (κ2) is 7.33. The van der Waals surface area contributed by atoms with E-state index in [1.165, 1.54) is 16.7 Å². The highest BCUT2D eigenvalue weighted by Gasteiger charge is 2.08. The van der Waals surface area contributed by atoms with Crippen LogP contribution in [0.3, 0.4) is 0 Å². The first-order valence-electron chi connectivity index (χ1n) is 6.58. The predicted molar refractivity (Wildman–Crippen MR) is 87.0 cm³/mol. The first-order valence-corrected chi connectivity index (χ1v) is 7.33. The van der Waals surface area contributed by atoms with Crippen molar-refractivity contribution in [1.82, 2.24) is 4.57 Å². The fourth-order valence-electron chi connectivity index (χ4n) is 1.78. The summed E-state index contributed by atoms with van der Waals surface area (Å²) in [5, 5.41) is 3.49. The Hall–Kier alpha value is -1.98. The monoisotopic (exact) mass is 340 g/mol. The van der Waals surface area contributed by atoms with Crippen LogP contribution in [-0.2, 0) is 11.3 Å². The molecule has 1 amide bonds. The molecule has 0 bridgehead atoms. The van der Waals surface area contributed by atoms with Gasteiger partial charge < -0.3 is 14.6 Å². The normalized spacial score (nSPS) is 10.3. The third-order valence-corrected chi connectivity index (χ3v) is 3.41. The van der Waals surface area contributed by atoms with Gasteiger partial charge in [0.1, 0.15) is 5.75 Å². The second-order valence-corrected chi connectivity index (χ2v) is 5.30. The standard InChI is InChI=1S/C15H14Cl2N2O3/c1-2-19-8-11(4-6-15(19)21)18-14(20)9-22-13-7-10(16)3-5-12(13)17/h3-8H,2,9H2,1H3,(H,18,20). The number of hydrogen-bond donors (Lipinski definition) is 1. The highest BCUT2D eigenvalue weighted by Crippen LogP contribution is 2.27. The number of aromatic nitrogens is 1. The Kier molecular flexibility index (Phi) is 5.46. The zero-order valence-electron chi connectivity index (χ0n) is 11.8. The Labute approximate surface area is 137 Å². The molecule has 22 heavy (non-hydrogen) atoms. The van der Waals surface area contributed by atoms with E-state index in [4.69, 9.17) is 27.9 Å². The fraction of sp³-hybridized carbons (Fsp3) is 0.200. The number of aryl methyl sites for hydroxylation is 1. The highest BCUT2D eigenvalue weighted by molar-refractivity contribution is 6.34. The van der Waals surface area contributed by atoms with Gasteiger partial charge in [-0.05, 0) is 25.1 Å². The summed E-state index contributed by atoms with van der Waals surface area (Å²) in [4.78, 5) is 23.3. The van der Waals surface area contributed by atoms with E-state index < -0.39 is 0 Å². The molecule has 5 nitrogen and oxygen atoms in total. The average molecular weight is 341 g/mol. The Balaban J connectivity index is 1.98. The number of pyridine rings is 1. The van der Waals surface area contributed by atoms with Crippen LogP contribution in [-0.4, -0.2) is 17.1 Å². The Bertz CT molecular complexity index is 744. The van der Waals surface area contributed by atoms with Crippen molar-refractivity contribution in [2.75, 3.05) is 11.9 Å². The van der Waals surface area contributed by atoms with Crippen molar-refractivity contribution in [3.05, 3.63) is 56.9 Å². The Morgan fingerprint density at radius 1 is 1.27 bits per heavy atom. The van der Waals surface area contributed by atoms with E-state index in [1.807, 2.05) is 6.92 Å². The number of benzene rings is 1. The molecular weight excluding hydrogens is 327 g/mol. The summed E-state index contributed by atoms with van der Waals surface area (Å²) < 4.78 is 6.83. The predicted octanol–water partition coefficient (Wildman–Crippen LogP) is 3.19. The molecule has 1 aromatic heterocycles. The van der Waals surface area contributed by atoms with Crippen LogP contribution >= 0.6 is 23.2 Å². The number of nitrogens with one attached hydrogen (secondary N) is 1.